The Labute approximate surface area is 132 Å². The molecule has 0 atom stereocenters. The summed E-state index contributed by atoms with van der Waals surface area (Å²) in [6, 6.07) is 0. The van der Waals surface area contributed by atoms with E-state index in [-0.39, 0.29) is 17.4 Å². The van der Waals surface area contributed by atoms with Crippen LogP contribution in [0.4, 0.5) is 5.82 Å². The number of aromatic nitrogens is 2. The van der Waals surface area contributed by atoms with Crippen molar-refractivity contribution in [2.75, 3.05) is 24.5 Å². The van der Waals surface area contributed by atoms with Crippen LogP contribution in [0.25, 0.3) is 0 Å². The highest BCUT2D eigenvalue weighted by atomic mass is 16.1. The van der Waals surface area contributed by atoms with Crippen molar-refractivity contribution in [1.82, 2.24) is 15.3 Å². The fourth-order valence-electron chi connectivity index (χ4n) is 2.73. The van der Waals surface area contributed by atoms with Crippen LogP contribution in [0.5, 0.6) is 0 Å². The molecule has 0 unspecified atom stereocenters. The van der Waals surface area contributed by atoms with Crippen molar-refractivity contribution >= 4 is 11.7 Å². The van der Waals surface area contributed by atoms with Crippen LogP contribution in [0.15, 0.2) is 18.6 Å². The number of nitrogens with one attached hydrogen (secondary N) is 1. The Bertz CT molecular complexity index is 467. The van der Waals surface area contributed by atoms with Gasteiger partial charge in [0.15, 0.2) is 0 Å². The molecule has 0 aliphatic carbocycles. The van der Waals surface area contributed by atoms with Crippen molar-refractivity contribution in [2.24, 2.45) is 11.7 Å². The fraction of sp³-hybridized carbons (Fsp3) is 0.688. The van der Waals surface area contributed by atoms with E-state index >= 15 is 0 Å². The first-order chi connectivity index (χ1) is 10.6. The summed E-state index contributed by atoms with van der Waals surface area (Å²) in [7, 11) is 0. The van der Waals surface area contributed by atoms with Gasteiger partial charge in [0.05, 0.1) is 6.20 Å². The maximum atomic E-state index is 12.3. The molecule has 1 saturated heterocycles. The lowest BCUT2D eigenvalue weighted by atomic mass is 9.92. The molecule has 6 heteroatoms. The average Bonchev–Trinajstić information content (AvgIpc) is 2.60. The van der Waals surface area contributed by atoms with Crippen molar-refractivity contribution in [3.05, 3.63) is 18.6 Å². The molecule has 1 aromatic rings. The molecule has 0 saturated carbocycles. The van der Waals surface area contributed by atoms with Gasteiger partial charge >= 0.3 is 0 Å². The number of rotatable bonds is 6. The van der Waals surface area contributed by atoms with E-state index in [0.717, 1.165) is 44.6 Å². The van der Waals surface area contributed by atoms with E-state index in [0.29, 0.717) is 6.54 Å². The summed E-state index contributed by atoms with van der Waals surface area (Å²) in [5.41, 5.74) is 5.95. The molecule has 0 bridgehead atoms. The number of nitrogens with two attached hydrogens (primary N) is 1. The van der Waals surface area contributed by atoms with Crippen LogP contribution < -0.4 is 16.0 Å². The van der Waals surface area contributed by atoms with E-state index in [4.69, 9.17) is 5.73 Å². The van der Waals surface area contributed by atoms with Gasteiger partial charge in [0.25, 0.3) is 0 Å². The lowest BCUT2D eigenvalue weighted by molar-refractivity contribution is -0.125. The van der Waals surface area contributed by atoms with Gasteiger partial charge in [0, 0.05) is 43.5 Å². The number of hydrogen-bond donors (Lipinski definition) is 2. The van der Waals surface area contributed by atoms with Crippen molar-refractivity contribution in [1.29, 1.82) is 0 Å². The van der Waals surface area contributed by atoms with Gasteiger partial charge in [-0.25, -0.2) is 4.98 Å². The second kappa shape index (κ2) is 7.54. The van der Waals surface area contributed by atoms with Crippen LogP contribution in [-0.2, 0) is 4.79 Å². The number of carbonyl (C=O) groups excluding carboxylic acids is 1. The Hall–Kier alpha value is -1.69. The zero-order valence-corrected chi connectivity index (χ0v) is 13.6. The van der Waals surface area contributed by atoms with Crippen LogP contribution in [0, 0.1) is 5.92 Å². The zero-order valence-electron chi connectivity index (χ0n) is 13.6. The summed E-state index contributed by atoms with van der Waals surface area (Å²) in [4.78, 5) is 22.9. The largest absolute Gasteiger partial charge is 0.355 e. The summed E-state index contributed by atoms with van der Waals surface area (Å²) < 4.78 is 0. The highest BCUT2D eigenvalue weighted by molar-refractivity contribution is 5.79. The second-order valence-corrected chi connectivity index (χ2v) is 6.11. The topological polar surface area (TPSA) is 84.1 Å². The molecular formula is C16H27N5O. The molecule has 2 heterocycles. The molecule has 2 rings (SSSR count). The van der Waals surface area contributed by atoms with Crippen LogP contribution in [0.1, 0.15) is 39.5 Å². The third-order valence-electron chi connectivity index (χ3n) is 4.76. The molecule has 0 radical (unpaired) electrons. The van der Waals surface area contributed by atoms with Gasteiger partial charge in [-0.2, -0.15) is 0 Å². The Morgan fingerprint density at radius 3 is 2.59 bits per heavy atom. The molecule has 1 amide bonds. The van der Waals surface area contributed by atoms with E-state index in [1.165, 1.54) is 0 Å². The third kappa shape index (κ3) is 4.16. The summed E-state index contributed by atoms with van der Waals surface area (Å²) in [5.74, 6) is 1.10. The quantitative estimate of drug-likeness (QED) is 0.828. The third-order valence-corrected chi connectivity index (χ3v) is 4.76. The standard InChI is InChI=1S/C16H27N5O/c1-3-16(17,4-2)12-20-15(22)13-5-9-21(10-6-13)14-11-18-7-8-19-14/h7-8,11,13H,3-6,9-10,12,17H2,1-2H3,(H,20,22). The number of piperidine rings is 1. The molecule has 6 nitrogen and oxygen atoms in total. The van der Waals surface area contributed by atoms with Gasteiger partial charge < -0.3 is 16.0 Å². The molecule has 0 aromatic carbocycles. The minimum Gasteiger partial charge on any atom is -0.355 e. The summed E-state index contributed by atoms with van der Waals surface area (Å²) >= 11 is 0. The Balaban J connectivity index is 1.80. The summed E-state index contributed by atoms with van der Waals surface area (Å²) in [6.07, 6.45) is 8.57. The molecule has 22 heavy (non-hydrogen) atoms. The van der Waals surface area contributed by atoms with Crippen LogP contribution in [0.3, 0.4) is 0 Å². The Morgan fingerprint density at radius 2 is 2.05 bits per heavy atom. The molecule has 0 spiro atoms. The molecular weight excluding hydrogens is 278 g/mol. The van der Waals surface area contributed by atoms with E-state index in [2.05, 4.69) is 34.0 Å². The summed E-state index contributed by atoms with van der Waals surface area (Å²) in [5, 5.41) is 3.04. The second-order valence-electron chi connectivity index (χ2n) is 6.11. The molecule has 1 aliphatic heterocycles. The first-order valence-corrected chi connectivity index (χ1v) is 8.15. The Morgan fingerprint density at radius 1 is 1.36 bits per heavy atom. The van der Waals surface area contributed by atoms with Gasteiger partial charge in [-0.05, 0) is 25.7 Å². The van der Waals surface area contributed by atoms with E-state index in [1.54, 1.807) is 18.6 Å². The number of anilines is 1. The predicted octanol–water partition coefficient (Wildman–Crippen LogP) is 1.33. The van der Waals surface area contributed by atoms with E-state index < -0.39 is 0 Å². The van der Waals surface area contributed by atoms with E-state index in [9.17, 15) is 4.79 Å². The fourth-order valence-corrected chi connectivity index (χ4v) is 2.73. The van der Waals surface area contributed by atoms with Gasteiger partial charge in [-0.3, -0.25) is 9.78 Å². The van der Waals surface area contributed by atoms with Crippen molar-refractivity contribution < 1.29 is 4.79 Å². The molecule has 1 fully saturated rings. The van der Waals surface area contributed by atoms with E-state index in [1.807, 2.05) is 0 Å². The van der Waals surface area contributed by atoms with Gasteiger partial charge in [-0.1, -0.05) is 13.8 Å². The van der Waals surface area contributed by atoms with Crippen LogP contribution in [0.2, 0.25) is 0 Å². The molecule has 1 aromatic heterocycles. The van der Waals surface area contributed by atoms with Crippen molar-refractivity contribution in [3.63, 3.8) is 0 Å². The van der Waals surface area contributed by atoms with Gasteiger partial charge in [0.1, 0.15) is 5.82 Å². The summed E-state index contributed by atoms with van der Waals surface area (Å²) in [6.45, 7) is 6.37. The molecule has 122 valence electrons. The minimum atomic E-state index is -0.282. The normalized spacial score (nSPS) is 16.6. The highest BCUT2D eigenvalue weighted by Gasteiger charge is 2.27. The average molecular weight is 305 g/mol. The Kier molecular flexibility index (Phi) is 5.71. The number of carbonyl (C=O) groups is 1. The van der Waals surface area contributed by atoms with Crippen molar-refractivity contribution in [2.45, 2.75) is 45.1 Å². The molecule has 3 N–H and O–H groups in total. The SMILES string of the molecule is CCC(N)(CC)CNC(=O)C1CCN(c2cnccn2)CC1. The molecule has 1 aliphatic rings. The number of nitrogens with zero attached hydrogens (tertiary/aromatic N) is 3. The maximum absolute atomic E-state index is 12.3. The van der Waals surface area contributed by atoms with Crippen LogP contribution in [-0.4, -0.2) is 41.0 Å². The van der Waals surface area contributed by atoms with Crippen LogP contribution >= 0.6 is 0 Å². The minimum absolute atomic E-state index is 0.0749. The van der Waals surface area contributed by atoms with Gasteiger partial charge in [-0.15, -0.1) is 0 Å². The smallest absolute Gasteiger partial charge is 0.223 e. The first-order valence-electron chi connectivity index (χ1n) is 8.15. The monoisotopic (exact) mass is 305 g/mol. The maximum Gasteiger partial charge on any atom is 0.223 e. The predicted molar refractivity (Wildman–Crippen MR) is 87.5 cm³/mol. The highest BCUT2D eigenvalue weighted by Crippen LogP contribution is 2.21. The van der Waals surface area contributed by atoms with Gasteiger partial charge in [0.2, 0.25) is 5.91 Å². The zero-order chi connectivity index (χ0) is 16.0. The van der Waals surface area contributed by atoms with Crippen molar-refractivity contribution in [3.8, 4) is 0 Å². The number of hydrogen-bond acceptors (Lipinski definition) is 5. The number of amides is 1. The first kappa shape index (κ1) is 16.7. The lowest BCUT2D eigenvalue weighted by Crippen LogP contribution is -2.51. The lowest BCUT2D eigenvalue weighted by Gasteiger charge is -2.33.